The number of rotatable bonds is 3. The summed E-state index contributed by atoms with van der Waals surface area (Å²) in [5.41, 5.74) is 2.08. The predicted molar refractivity (Wildman–Crippen MR) is 82.5 cm³/mol. The number of aromatic nitrogens is 1. The van der Waals surface area contributed by atoms with E-state index in [0.29, 0.717) is 0 Å². The van der Waals surface area contributed by atoms with Gasteiger partial charge in [0.1, 0.15) is 0 Å². The van der Waals surface area contributed by atoms with Crippen LogP contribution in [0.25, 0.3) is 5.57 Å². The van der Waals surface area contributed by atoms with Gasteiger partial charge in [0.25, 0.3) is 0 Å². The fourth-order valence-corrected chi connectivity index (χ4v) is 1.58. The quantitative estimate of drug-likeness (QED) is 0.633. The monoisotopic (exact) mass is 251 g/mol. The molecule has 0 spiro atoms. The van der Waals surface area contributed by atoms with Crippen molar-refractivity contribution in [3.05, 3.63) is 47.0 Å². The van der Waals surface area contributed by atoms with Crippen molar-refractivity contribution in [2.45, 2.75) is 41.5 Å². The second-order valence-electron chi connectivity index (χ2n) is 2.60. The van der Waals surface area contributed by atoms with Crippen LogP contribution >= 0.6 is 11.3 Å². The summed E-state index contributed by atoms with van der Waals surface area (Å²) < 4.78 is 0. The summed E-state index contributed by atoms with van der Waals surface area (Å²) in [6, 6.07) is 0. The molecule has 17 heavy (non-hydrogen) atoms. The van der Waals surface area contributed by atoms with Gasteiger partial charge in [-0.25, -0.2) is 4.98 Å². The Kier molecular flexibility index (Phi) is 13.8. The molecule has 2 heteroatoms. The molecule has 1 aromatic heterocycles. The largest absolute Gasteiger partial charge is 0.242 e. The molecule has 0 fully saturated rings. The summed E-state index contributed by atoms with van der Waals surface area (Å²) >= 11 is 1.66. The van der Waals surface area contributed by atoms with E-state index in [2.05, 4.69) is 11.6 Å². The molecule has 0 saturated carbocycles. The van der Waals surface area contributed by atoms with E-state index < -0.39 is 0 Å². The zero-order valence-electron chi connectivity index (χ0n) is 11.9. The second-order valence-corrected chi connectivity index (χ2v) is 3.67. The van der Waals surface area contributed by atoms with Crippen LogP contribution < -0.4 is 0 Å². The molecular formula is C15H25NS. The molecule has 0 aromatic carbocycles. The first-order valence-electron chi connectivity index (χ1n) is 6.16. The zero-order valence-corrected chi connectivity index (χ0v) is 12.8. The van der Waals surface area contributed by atoms with Gasteiger partial charge in [0.15, 0.2) is 0 Å². The van der Waals surface area contributed by atoms with Crippen molar-refractivity contribution < 1.29 is 0 Å². The summed E-state index contributed by atoms with van der Waals surface area (Å²) in [5, 5.41) is 3.13. The number of hydrogen-bond acceptors (Lipinski definition) is 2. The van der Waals surface area contributed by atoms with Crippen LogP contribution in [-0.4, -0.2) is 4.98 Å². The van der Waals surface area contributed by atoms with E-state index in [1.165, 1.54) is 0 Å². The van der Waals surface area contributed by atoms with Crippen molar-refractivity contribution in [1.82, 2.24) is 4.98 Å². The third kappa shape index (κ3) is 7.70. The predicted octanol–water partition coefficient (Wildman–Crippen LogP) is 5.65. The average Bonchev–Trinajstić information content (AvgIpc) is 2.82. The summed E-state index contributed by atoms with van der Waals surface area (Å²) in [7, 11) is 0. The van der Waals surface area contributed by atoms with Crippen molar-refractivity contribution in [2.24, 2.45) is 0 Å². The Hall–Kier alpha value is -1.15. The normalized spacial score (nSPS) is 10.1. The second kappa shape index (κ2) is 12.9. The zero-order chi connectivity index (χ0) is 13.7. The summed E-state index contributed by atoms with van der Waals surface area (Å²) in [5.74, 6) is 0. The third-order valence-corrected chi connectivity index (χ3v) is 2.38. The number of thiazole rings is 1. The molecule has 0 bridgehead atoms. The van der Waals surface area contributed by atoms with Crippen molar-refractivity contribution in [3.63, 3.8) is 0 Å². The standard InChI is InChI=1S/C11H13NS.2C2H6/c1-4-6-7-10(5-2)11-8-13-9(3)12-11;2*1-2/h4-8H,2H2,1,3H3;2*1-2H3/b6-4-,10-7+;;. The highest BCUT2D eigenvalue weighted by Crippen LogP contribution is 2.17. The molecule has 0 radical (unpaired) electrons. The molecule has 0 N–H and O–H groups in total. The lowest BCUT2D eigenvalue weighted by Gasteiger charge is -1.93. The highest BCUT2D eigenvalue weighted by molar-refractivity contribution is 7.09. The van der Waals surface area contributed by atoms with Gasteiger partial charge in [-0.05, 0) is 13.8 Å². The van der Waals surface area contributed by atoms with E-state index in [1.54, 1.807) is 11.3 Å². The first kappa shape index (κ1) is 18.2. The minimum absolute atomic E-state index is 1.01. The molecule has 0 unspecified atom stereocenters. The van der Waals surface area contributed by atoms with Crippen molar-refractivity contribution in [2.75, 3.05) is 0 Å². The van der Waals surface area contributed by atoms with Crippen LogP contribution in [0.5, 0.6) is 0 Å². The Bertz CT molecular complexity index is 346. The molecule has 0 atom stereocenters. The molecule has 1 nitrogen and oxygen atoms in total. The fraction of sp³-hybridized carbons (Fsp3) is 0.400. The molecule has 0 aliphatic heterocycles. The highest BCUT2D eigenvalue weighted by Gasteiger charge is 1.99. The van der Waals surface area contributed by atoms with Crippen LogP contribution in [0.15, 0.2) is 36.3 Å². The number of aryl methyl sites for hydroxylation is 1. The van der Waals surface area contributed by atoms with Crippen molar-refractivity contribution >= 4 is 16.9 Å². The third-order valence-electron chi connectivity index (χ3n) is 1.60. The molecule has 1 aromatic rings. The molecule has 0 saturated heterocycles. The average molecular weight is 251 g/mol. The van der Waals surface area contributed by atoms with Crippen molar-refractivity contribution in [3.8, 4) is 0 Å². The van der Waals surface area contributed by atoms with Gasteiger partial charge in [-0.1, -0.05) is 58.6 Å². The molecule has 0 amide bonds. The maximum atomic E-state index is 4.38. The highest BCUT2D eigenvalue weighted by atomic mass is 32.1. The molecular weight excluding hydrogens is 226 g/mol. The van der Waals surface area contributed by atoms with Gasteiger partial charge in [-0.15, -0.1) is 11.3 Å². The SMILES string of the molecule is C=C/C(=C\C=C/C)c1csc(C)n1.CC.CC. The van der Waals surface area contributed by atoms with Gasteiger partial charge in [-0.2, -0.15) is 0 Å². The van der Waals surface area contributed by atoms with E-state index in [-0.39, 0.29) is 0 Å². The molecule has 1 heterocycles. The van der Waals surface area contributed by atoms with Gasteiger partial charge >= 0.3 is 0 Å². The van der Waals surface area contributed by atoms with E-state index in [9.17, 15) is 0 Å². The van der Waals surface area contributed by atoms with Crippen LogP contribution in [0.1, 0.15) is 45.3 Å². The van der Waals surface area contributed by atoms with E-state index in [0.717, 1.165) is 16.3 Å². The maximum Gasteiger partial charge on any atom is 0.0901 e. The van der Waals surface area contributed by atoms with Crippen LogP contribution in [0.3, 0.4) is 0 Å². The van der Waals surface area contributed by atoms with Crippen LogP contribution in [0, 0.1) is 6.92 Å². The lowest BCUT2D eigenvalue weighted by Crippen LogP contribution is -1.79. The molecule has 96 valence electrons. The molecule has 1 rings (SSSR count). The topological polar surface area (TPSA) is 12.9 Å². The molecule has 0 aliphatic rings. The van der Waals surface area contributed by atoms with E-state index >= 15 is 0 Å². The van der Waals surface area contributed by atoms with E-state index in [4.69, 9.17) is 0 Å². The van der Waals surface area contributed by atoms with Gasteiger partial charge in [0.2, 0.25) is 0 Å². The first-order chi connectivity index (χ1) is 8.27. The lowest BCUT2D eigenvalue weighted by molar-refractivity contribution is 1.26. The lowest BCUT2D eigenvalue weighted by atomic mass is 10.2. The summed E-state index contributed by atoms with van der Waals surface area (Å²) in [6.45, 7) is 15.8. The van der Waals surface area contributed by atoms with Gasteiger partial charge in [-0.3, -0.25) is 0 Å². The minimum atomic E-state index is 1.01. The van der Waals surface area contributed by atoms with Gasteiger partial charge in [0.05, 0.1) is 10.7 Å². The first-order valence-corrected chi connectivity index (χ1v) is 7.03. The Morgan fingerprint density at radius 2 is 1.88 bits per heavy atom. The summed E-state index contributed by atoms with van der Waals surface area (Å²) in [6.07, 6.45) is 7.82. The number of nitrogens with zero attached hydrogens (tertiary/aromatic N) is 1. The smallest absolute Gasteiger partial charge is 0.0901 e. The Balaban J connectivity index is 0. The fourth-order valence-electron chi connectivity index (χ4n) is 0.954. The van der Waals surface area contributed by atoms with Gasteiger partial charge < -0.3 is 0 Å². The minimum Gasteiger partial charge on any atom is -0.242 e. The van der Waals surface area contributed by atoms with Crippen LogP contribution in [0.2, 0.25) is 0 Å². The van der Waals surface area contributed by atoms with E-state index in [1.807, 2.05) is 71.2 Å². The number of allylic oxidation sites excluding steroid dienone is 5. The van der Waals surface area contributed by atoms with Gasteiger partial charge in [0, 0.05) is 11.0 Å². The molecule has 0 aliphatic carbocycles. The Labute approximate surface area is 111 Å². The Morgan fingerprint density at radius 3 is 2.24 bits per heavy atom. The maximum absolute atomic E-state index is 4.38. The van der Waals surface area contributed by atoms with Crippen molar-refractivity contribution in [1.29, 1.82) is 0 Å². The van der Waals surface area contributed by atoms with Crippen LogP contribution in [-0.2, 0) is 0 Å². The Morgan fingerprint density at radius 1 is 1.29 bits per heavy atom. The number of hydrogen-bond donors (Lipinski definition) is 0. The summed E-state index contributed by atoms with van der Waals surface area (Å²) in [4.78, 5) is 4.38. The van der Waals surface area contributed by atoms with Crippen LogP contribution in [0.4, 0.5) is 0 Å².